The SMILES string of the molecule is Cl.NCCCC(=O)N1CCC(NC(=O)NC2CCCCC2)CC1. The van der Waals surface area contributed by atoms with Crippen molar-refractivity contribution in [3.05, 3.63) is 0 Å². The number of nitrogens with zero attached hydrogens (tertiary/aromatic N) is 1. The van der Waals surface area contributed by atoms with E-state index in [0.29, 0.717) is 19.0 Å². The number of nitrogens with one attached hydrogen (secondary N) is 2. The summed E-state index contributed by atoms with van der Waals surface area (Å²) in [5, 5.41) is 6.14. The molecule has 1 saturated heterocycles. The highest BCUT2D eigenvalue weighted by Crippen LogP contribution is 2.17. The van der Waals surface area contributed by atoms with Crippen LogP contribution in [0.25, 0.3) is 0 Å². The summed E-state index contributed by atoms with van der Waals surface area (Å²) in [6, 6.07) is 0.480. The summed E-state index contributed by atoms with van der Waals surface area (Å²) < 4.78 is 0. The second-order valence-corrected chi connectivity index (χ2v) is 6.50. The second kappa shape index (κ2) is 10.7. The summed E-state index contributed by atoms with van der Waals surface area (Å²) in [6.07, 6.45) is 8.89. The van der Waals surface area contributed by atoms with Gasteiger partial charge in [0.25, 0.3) is 0 Å². The average molecular weight is 347 g/mol. The molecular weight excluding hydrogens is 316 g/mol. The van der Waals surface area contributed by atoms with Gasteiger partial charge in [-0.25, -0.2) is 4.79 Å². The van der Waals surface area contributed by atoms with Gasteiger partial charge in [-0.1, -0.05) is 19.3 Å². The standard InChI is InChI=1S/C16H30N4O2.ClH/c17-10-4-7-15(21)20-11-8-14(9-12-20)19-16(22)18-13-5-2-1-3-6-13;/h13-14H,1-12,17H2,(H2,18,19,22);1H. The molecule has 2 aliphatic rings. The number of amides is 3. The van der Waals surface area contributed by atoms with Gasteiger partial charge in [-0.05, 0) is 38.6 Å². The molecular formula is C16H31ClN4O2. The Bertz CT molecular complexity index is 367. The van der Waals surface area contributed by atoms with Crippen LogP contribution in [-0.4, -0.2) is 48.6 Å². The molecule has 23 heavy (non-hydrogen) atoms. The van der Waals surface area contributed by atoms with Gasteiger partial charge < -0.3 is 21.3 Å². The van der Waals surface area contributed by atoms with Gasteiger partial charge in [0, 0.05) is 31.6 Å². The van der Waals surface area contributed by atoms with Crippen LogP contribution in [-0.2, 0) is 4.79 Å². The Balaban J connectivity index is 0.00000264. The zero-order valence-electron chi connectivity index (χ0n) is 13.9. The van der Waals surface area contributed by atoms with Crippen LogP contribution in [0.1, 0.15) is 57.8 Å². The quantitative estimate of drug-likeness (QED) is 0.709. The molecule has 1 saturated carbocycles. The van der Waals surface area contributed by atoms with Gasteiger partial charge >= 0.3 is 6.03 Å². The molecule has 0 radical (unpaired) electrons. The molecule has 1 heterocycles. The van der Waals surface area contributed by atoms with E-state index in [-0.39, 0.29) is 30.4 Å². The van der Waals surface area contributed by atoms with E-state index in [2.05, 4.69) is 10.6 Å². The molecule has 0 spiro atoms. The Morgan fingerprint density at radius 2 is 1.52 bits per heavy atom. The zero-order chi connectivity index (χ0) is 15.8. The third kappa shape index (κ3) is 6.96. The highest BCUT2D eigenvalue weighted by atomic mass is 35.5. The number of likely N-dealkylation sites (tertiary alicyclic amines) is 1. The Hall–Kier alpha value is -1.01. The van der Waals surface area contributed by atoms with Crippen molar-refractivity contribution in [1.29, 1.82) is 0 Å². The van der Waals surface area contributed by atoms with Gasteiger partial charge in [0.15, 0.2) is 0 Å². The fourth-order valence-corrected chi connectivity index (χ4v) is 3.34. The minimum atomic E-state index is -0.0418. The third-order valence-electron chi connectivity index (χ3n) is 4.72. The molecule has 6 nitrogen and oxygen atoms in total. The van der Waals surface area contributed by atoms with Crippen molar-refractivity contribution in [2.24, 2.45) is 5.73 Å². The lowest BCUT2D eigenvalue weighted by molar-refractivity contribution is -0.132. The topological polar surface area (TPSA) is 87.5 Å². The Labute approximate surface area is 145 Å². The first kappa shape index (κ1) is 20.0. The van der Waals surface area contributed by atoms with Gasteiger partial charge in [-0.15, -0.1) is 12.4 Å². The molecule has 2 fully saturated rings. The maximum Gasteiger partial charge on any atom is 0.315 e. The molecule has 0 unspecified atom stereocenters. The average Bonchev–Trinajstić information content (AvgIpc) is 2.54. The normalized spacial score (nSPS) is 19.8. The number of carbonyl (C=O) groups excluding carboxylic acids is 2. The van der Waals surface area contributed by atoms with E-state index in [1.54, 1.807) is 0 Å². The van der Waals surface area contributed by atoms with Crippen LogP contribution < -0.4 is 16.4 Å². The van der Waals surface area contributed by atoms with Crippen LogP contribution in [0.5, 0.6) is 0 Å². The molecule has 0 aromatic rings. The van der Waals surface area contributed by atoms with Gasteiger partial charge in [0.1, 0.15) is 0 Å². The smallest absolute Gasteiger partial charge is 0.315 e. The minimum absolute atomic E-state index is 0. The number of carbonyl (C=O) groups is 2. The number of halogens is 1. The predicted molar refractivity (Wildman–Crippen MR) is 93.7 cm³/mol. The van der Waals surface area contributed by atoms with Gasteiger partial charge in [-0.3, -0.25) is 4.79 Å². The molecule has 2 rings (SSSR count). The number of rotatable bonds is 5. The lowest BCUT2D eigenvalue weighted by Gasteiger charge is -2.33. The van der Waals surface area contributed by atoms with Crippen molar-refractivity contribution in [3.8, 4) is 0 Å². The third-order valence-corrected chi connectivity index (χ3v) is 4.72. The first-order valence-electron chi connectivity index (χ1n) is 8.74. The molecule has 1 aliphatic carbocycles. The first-order chi connectivity index (χ1) is 10.7. The van der Waals surface area contributed by atoms with Crippen LogP contribution in [0, 0.1) is 0 Å². The summed E-state index contributed by atoms with van der Waals surface area (Å²) in [4.78, 5) is 25.8. The Kier molecular flexibility index (Phi) is 9.33. The van der Waals surface area contributed by atoms with Crippen LogP contribution in [0.4, 0.5) is 4.79 Å². The van der Waals surface area contributed by atoms with Crippen molar-refractivity contribution in [2.45, 2.75) is 69.9 Å². The molecule has 134 valence electrons. The molecule has 0 bridgehead atoms. The fourth-order valence-electron chi connectivity index (χ4n) is 3.34. The summed E-state index contributed by atoms with van der Waals surface area (Å²) in [5.41, 5.74) is 5.43. The van der Waals surface area contributed by atoms with Crippen molar-refractivity contribution < 1.29 is 9.59 Å². The summed E-state index contributed by atoms with van der Waals surface area (Å²) in [6.45, 7) is 2.03. The van der Waals surface area contributed by atoms with E-state index in [9.17, 15) is 9.59 Å². The Morgan fingerprint density at radius 1 is 0.957 bits per heavy atom. The van der Waals surface area contributed by atoms with E-state index >= 15 is 0 Å². The van der Waals surface area contributed by atoms with E-state index in [1.807, 2.05) is 4.90 Å². The minimum Gasteiger partial charge on any atom is -0.343 e. The van der Waals surface area contributed by atoms with Gasteiger partial charge in [0.2, 0.25) is 5.91 Å². The maximum atomic E-state index is 12.0. The Morgan fingerprint density at radius 3 is 2.09 bits per heavy atom. The molecule has 0 atom stereocenters. The number of hydrogen-bond donors (Lipinski definition) is 3. The van der Waals surface area contributed by atoms with Gasteiger partial charge in [0.05, 0.1) is 0 Å². The molecule has 1 aliphatic heterocycles. The lowest BCUT2D eigenvalue weighted by Crippen LogP contribution is -2.51. The van der Waals surface area contributed by atoms with Crippen molar-refractivity contribution in [3.63, 3.8) is 0 Å². The van der Waals surface area contributed by atoms with Crippen molar-refractivity contribution >= 4 is 24.3 Å². The highest BCUT2D eigenvalue weighted by Gasteiger charge is 2.24. The van der Waals surface area contributed by atoms with Crippen LogP contribution in [0.15, 0.2) is 0 Å². The van der Waals surface area contributed by atoms with Crippen molar-refractivity contribution in [2.75, 3.05) is 19.6 Å². The molecule has 7 heteroatoms. The summed E-state index contributed by atoms with van der Waals surface area (Å²) in [5.74, 6) is 0.190. The second-order valence-electron chi connectivity index (χ2n) is 6.50. The molecule has 0 aromatic heterocycles. The van der Waals surface area contributed by atoms with E-state index in [4.69, 9.17) is 5.73 Å². The zero-order valence-corrected chi connectivity index (χ0v) is 14.7. The maximum absolute atomic E-state index is 12.0. The molecule has 3 amide bonds. The fraction of sp³-hybridized carbons (Fsp3) is 0.875. The van der Waals surface area contributed by atoms with Crippen molar-refractivity contribution in [1.82, 2.24) is 15.5 Å². The molecule has 0 aromatic carbocycles. The molecule has 4 N–H and O–H groups in total. The monoisotopic (exact) mass is 346 g/mol. The lowest BCUT2D eigenvalue weighted by atomic mass is 9.96. The summed E-state index contributed by atoms with van der Waals surface area (Å²) >= 11 is 0. The van der Waals surface area contributed by atoms with Crippen LogP contribution in [0.3, 0.4) is 0 Å². The van der Waals surface area contributed by atoms with E-state index in [1.165, 1.54) is 19.3 Å². The number of piperidine rings is 1. The number of nitrogens with two attached hydrogens (primary N) is 1. The van der Waals surface area contributed by atoms with Crippen LogP contribution >= 0.6 is 12.4 Å². The van der Waals surface area contributed by atoms with Crippen LogP contribution in [0.2, 0.25) is 0 Å². The largest absolute Gasteiger partial charge is 0.343 e. The highest BCUT2D eigenvalue weighted by molar-refractivity contribution is 5.85. The van der Waals surface area contributed by atoms with E-state index < -0.39 is 0 Å². The predicted octanol–water partition coefficient (Wildman–Crippen LogP) is 1.77. The van der Waals surface area contributed by atoms with Gasteiger partial charge in [-0.2, -0.15) is 0 Å². The summed E-state index contributed by atoms with van der Waals surface area (Å²) in [7, 11) is 0. The van der Waals surface area contributed by atoms with E-state index in [0.717, 1.165) is 45.2 Å². The number of urea groups is 1. The number of hydrogen-bond acceptors (Lipinski definition) is 3. The first-order valence-corrected chi connectivity index (χ1v) is 8.74.